The lowest BCUT2D eigenvalue weighted by Gasteiger charge is -2.14. The molecular formula is C24H20N6O. The number of carbonyl (C=O) groups excluding carboxylic acids is 1. The average Bonchev–Trinajstić information content (AvgIpc) is 3.50. The number of nitrogens with one attached hydrogen (secondary N) is 1. The molecule has 0 aliphatic rings. The van der Waals surface area contributed by atoms with Crippen LogP contribution in [0.25, 0.3) is 22.6 Å². The van der Waals surface area contributed by atoms with Gasteiger partial charge in [-0.05, 0) is 30.7 Å². The molecule has 5 rings (SSSR count). The second kappa shape index (κ2) is 7.87. The number of hydrogen-bond acceptors (Lipinski definition) is 4. The van der Waals surface area contributed by atoms with Crippen LogP contribution in [0.4, 0.5) is 0 Å². The van der Waals surface area contributed by atoms with E-state index in [0.717, 1.165) is 22.5 Å². The van der Waals surface area contributed by atoms with Crippen LogP contribution in [0.15, 0.2) is 91.8 Å². The molecule has 0 saturated heterocycles. The molecule has 0 aliphatic heterocycles. The monoisotopic (exact) mass is 408 g/mol. The highest BCUT2D eigenvalue weighted by Crippen LogP contribution is 2.21. The topological polar surface area (TPSA) is 77.1 Å². The molecular weight excluding hydrogens is 388 g/mol. The van der Waals surface area contributed by atoms with Crippen molar-refractivity contribution in [3.8, 4) is 16.9 Å². The van der Waals surface area contributed by atoms with E-state index in [9.17, 15) is 4.79 Å². The molecule has 0 fully saturated rings. The number of amides is 1. The summed E-state index contributed by atoms with van der Waals surface area (Å²) in [5.74, 6) is -0.209. The minimum absolute atomic E-state index is 0.170. The average molecular weight is 408 g/mol. The number of hydrogen-bond donors (Lipinski definition) is 1. The van der Waals surface area contributed by atoms with Crippen LogP contribution in [0.2, 0.25) is 0 Å². The molecule has 7 heteroatoms. The summed E-state index contributed by atoms with van der Waals surface area (Å²) in [5.41, 5.74) is 4.89. The zero-order valence-corrected chi connectivity index (χ0v) is 16.9. The lowest BCUT2D eigenvalue weighted by molar-refractivity contribution is 0.0941. The van der Waals surface area contributed by atoms with Gasteiger partial charge in [-0.3, -0.25) is 4.79 Å². The number of benzene rings is 2. The van der Waals surface area contributed by atoms with Crippen LogP contribution in [0.5, 0.6) is 0 Å². The molecule has 31 heavy (non-hydrogen) atoms. The molecule has 0 saturated carbocycles. The van der Waals surface area contributed by atoms with E-state index in [0.29, 0.717) is 11.2 Å². The molecule has 2 aromatic carbocycles. The first kappa shape index (κ1) is 18.7. The predicted octanol–water partition coefficient (Wildman–Crippen LogP) is 4.07. The van der Waals surface area contributed by atoms with Crippen molar-refractivity contribution in [3.05, 3.63) is 103 Å². The van der Waals surface area contributed by atoms with Gasteiger partial charge in [-0.25, -0.2) is 14.5 Å². The maximum atomic E-state index is 13.0. The predicted molar refractivity (Wildman–Crippen MR) is 118 cm³/mol. The number of carbonyl (C=O) groups is 1. The van der Waals surface area contributed by atoms with Gasteiger partial charge in [-0.2, -0.15) is 5.10 Å². The first-order chi connectivity index (χ1) is 15.2. The molecule has 0 spiro atoms. The van der Waals surface area contributed by atoms with Gasteiger partial charge in [0.15, 0.2) is 5.65 Å². The van der Waals surface area contributed by atoms with Gasteiger partial charge in [0.2, 0.25) is 0 Å². The maximum Gasteiger partial charge on any atom is 0.257 e. The Morgan fingerprint density at radius 3 is 2.55 bits per heavy atom. The highest BCUT2D eigenvalue weighted by molar-refractivity contribution is 6.00. The van der Waals surface area contributed by atoms with Crippen LogP contribution in [-0.4, -0.2) is 30.1 Å². The Bertz CT molecular complexity index is 1320. The van der Waals surface area contributed by atoms with Crippen molar-refractivity contribution in [3.63, 3.8) is 0 Å². The van der Waals surface area contributed by atoms with Gasteiger partial charge in [-0.1, -0.05) is 42.5 Å². The van der Waals surface area contributed by atoms with Gasteiger partial charge in [0.25, 0.3) is 5.91 Å². The Morgan fingerprint density at radius 2 is 1.81 bits per heavy atom. The molecule has 3 heterocycles. The standard InChI is InChI=1S/C24H20N6O/c1-17(18-7-9-20(10-8-18)29-14-13-25-16-29)28-24(31)21-15-27-30-22(11-12-26-23(21)30)19-5-3-2-4-6-19/h2-17H,1H3,(H,28,31)/t17-/m1/s1. The van der Waals surface area contributed by atoms with Gasteiger partial charge >= 0.3 is 0 Å². The van der Waals surface area contributed by atoms with Crippen LogP contribution in [0.1, 0.15) is 28.9 Å². The molecule has 0 unspecified atom stereocenters. The highest BCUT2D eigenvalue weighted by Gasteiger charge is 2.18. The number of nitrogens with zero attached hydrogens (tertiary/aromatic N) is 5. The summed E-state index contributed by atoms with van der Waals surface area (Å²) in [4.78, 5) is 21.5. The molecule has 1 atom stereocenters. The van der Waals surface area contributed by atoms with Gasteiger partial charge in [0.05, 0.1) is 24.3 Å². The SMILES string of the molecule is C[C@@H](NC(=O)c1cnn2c(-c3ccccc3)ccnc12)c1ccc(-n2ccnc2)cc1. The summed E-state index contributed by atoms with van der Waals surface area (Å²) in [6.45, 7) is 1.96. The minimum Gasteiger partial charge on any atom is -0.345 e. The van der Waals surface area contributed by atoms with E-state index in [1.807, 2.05) is 78.4 Å². The van der Waals surface area contributed by atoms with Crippen molar-refractivity contribution in [2.75, 3.05) is 0 Å². The van der Waals surface area contributed by atoms with E-state index in [2.05, 4.69) is 20.4 Å². The fourth-order valence-electron chi connectivity index (χ4n) is 3.58. The summed E-state index contributed by atoms with van der Waals surface area (Å²) in [7, 11) is 0. The minimum atomic E-state index is -0.209. The van der Waals surface area contributed by atoms with Crippen molar-refractivity contribution in [2.24, 2.45) is 0 Å². The lowest BCUT2D eigenvalue weighted by atomic mass is 10.1. The Balaban J connectivity index is 1.38. The summed E-state index contributed by atoms with van der Waals surface area (Å²) >= 11 is 0. The van der Waals surface area contributed by atoms with Crippen molar-refractivity contribution in [2.45, 2.75) is 13.0 Å². The summed E-state index contributed by atoms with van der Waals surface area (Å²) in [6, 6.07) is 19.6. The van der Waals surface area contributed by atoms with Crippen molar-refractivity contribution in [1.29, 1.82) is 0 Å². The zero-order valence-electron chi connectivity index (χ0n) is 16.9. The molecule has 0 aliphatic carbocycles. The molecule has 152 valence electrons. The lowest BCUT2D eigenvalue weighted by Crippen LogP contribution is -2.26. The molecule has 1 N–H and O–H groups in total. The number of rotatable bonds is 5. The van der Waals surface area contributed by atoms with Crippen LogP contribution in [0.3, 0.4) is 0 Å². The second-order valence-electron chi connectivity index (χ2n) is 7.25. The van der Waals surface area contributed by atoms with E-state index in [-0.39, 0.29) is 11.9 Å². The zero-order chi connectivity index (χ0) is 21.2. The summed E-state index contributed by atoms with van der Waals surface area (Å²) in [5, 5.41) is 7.47. The van der Waals surface area contributed by atoms with Crippen molar-refractivity contribution in [1.82, 2.24) is 29.5 Å². The van der Waals surface area contributed by atoms with E-state index >= 15 is 0 Å². The Kier molecular flexibility index (Phi) is 4.76. The van der Waals surface area contributed by atoms with Crippen molar-refractivity contribution >= 4 is 11.6 Å². The van der Waals surface area contributed by atoms with Gasteiger partial charge < -0.3 is 9.88 Å². The maximum absolute atomic E-state index is 13.0. The molecule has 3 aromatic heterocycles. The fraction of sp³-hybridized carbons (Fsp3) is 0.0833. The number of imidazole rings is 1. The van der Waals surface area contributed by atoms with Crippen molar-refractivity contribution < 1.29 is 4.79 Å². The van der Waals surface area contributed by atoms with Gasteiger partial charge in [-0.15, -0.1) is 0 Å². The second-order valence-corrected chi connectivity index (χ2v) is 7.25. The summed E-state index contributed by atoms with van der Waals surface area (Å²) in [6.07, 6.45) is 8.65. The number of aromatic nitrogens is 5. The third-order valence-corrected chi connectivity index (χ3v) is 5.26. The highest BCUT2D eigenvalue weighted by atomic mass is 16.1. The summed E-state index contributed by atoms with van der Waals surface area (Å²) < 4.78 is 3.64. The van der Waals surface area contributed by atoms with Gasteiger partial charge in [0.1, 0.15) is 5.56 Å². The molecule has 0 radical (unpaired) electrons. The van der Waals surface area contributed by atoms with E-state index in [1.165, 1.54) is 0 Å². The first-order valence-electron chi connectivity index (χ1n) is 9.98. The Hall–Kier alpha value is -4.26. The van der Waals surface area contributed by atoms with Crippen LogP contribution in [-0.2, 0) is 0 Å². The third kappa shape index (κ3) is 3.57. The first-order valence-corrected chi connectivity index (χ1v) is 9.98. The van der Waals surface area contributed by atoms with E-state index < -0.39 is 0 Å². The Morgan fingerprint density at radius 1 is 1.00 bits per heavy atom. The van der Waals surface area contributed by atoms with Crippen LogP contribution in [0, 0.1) is 0 Å². The molecule has 5 aromatic rings. The molecule has 0 bridgehead atoms. The third-order valence-electron chi connectivity index (χ3n) is 5.26. The Labute approximate surface area is 179 Å². The molecule has 7 nitrogen and oxygen atoms in total. The smallest absolute Gasteiger partial charge is 0.257 e. The fourth-order valence-corrected chi connectivity index (χ4v) is 3.58. The molecule has 1 amide bonds. The quantitative estimate of drug-likeness (QED) is 0.476. The largest absolute Gasteiger partial charge is 0.345 e. The van der Waals surface area contributed by atoms with Gasteiger partial charge in [0, 0.05) is 29.8 Å². The normalized spacial score (nSPS) is 12.0. The van der Waals surface area contributed by atoms with Crippen LogP contribution < -0.4 is 5.32 Å². The van der Waals surface area contributed by atoms with E-state index in [1.54, 1.807) is 29.4 Å². The number of fused-ring (bicyclic) bond motifs is 1. The van der Waals surface area contributed by atoms with E-state index in [4.69, 9.17) is 0 Å². The van der Waals surface area contributed by atoms with Crippen LogP contribution >= 0.6 is 0 Å².